The lowest BCUT2D eigenvalue weighted by Gasteiger charge is -2.32. The number of hydrogen-bond acceptors (Lipinski definition) is 2. The molecule has 1 aromatic rings. The monoisotopic (exact) mass is 267 g/mol. The van der Waals surface area contributed by atoms with Gasteiger partial charge in [0.1, 0.15) is 11.9 Å². The van der Waals surface area contributed by atoms with Crippen LogP contribution in [0.4, 0.5) is 0 Å². The highest BCUT2D eigenvalue weighted by Crippen LogP contribution is 2.29. The normalized spacial score (nSPS) is 23.9. The molecule has 2 nitrogen and oxygen atoms in total. The summed E-state index contributed by atoms with van der Waals surface area (Å²) in [4.78, 5) is 0. The number of nitrogens with one attached hydrogen (secondary N) is 1. The highest BCUT2D eigenvalue weighted by molar-refractivity contribution is 6.31. The molecule has 0 heterocycles. The molecule has 1 aliphatic rings. The first-order chi connectivity index (χ1) is 8.70. The number of rotatable bonds is 4. The highest BCUT2D eigenvalue weighted by atomic mass is 35.5. The van der Waals surface area contributed by atoms with Crippen molar-refractivity contribution in [1.29, 1.82) is 0 Å². The first-order valence-electron chi connectivity index (χ1n) is 6.78. The topological polar surface area (TPSA) is 21.3 Å². The van der Waals surface area contributed by atoms with E-state index in [1.165, 1.54) is 19.3 Å². The predicted octanol–water partition coefficient (Wildman–Crippen LogP) is 3.81. The van der Waals surface area contributed by atoms with Crippen molar-refractivity contribution in [1.82, 2.24) is 5.32 Å². The fourth-order valence-corrected chi connectivity index (χ4v) is 2.81. The summed E-state index contributed by atoms with van der Waals surface area (Å²) in [6.07, 6.45) is 5.36. The summed E-state index contributed by atoms with van der Waals surface area (Å²) in [7, 11) is 2.01. The second-order valence-corrected chi connectivity index (χ2v) is 5.58. The molecule has 0 aliphatic heterocycles. The maximum Gasteiger partial charge on any atom is 0.120 e. The minimum Gasteiger partial charge on any atom is -0.490 e. The molecule has 1 fully saturated rings. The molecule has 0 spiro atoms. The third-order valence-electron chi connectivity index (χ3n) is 3.72. The van der Waals surface area contributed by atoms with E-state index in [4.69, 9.17) is 16.3 Å². The van der Waals surface area contributed by atoms with Crippen molar-refractivity contribution in [3.8, 4) is 5.75 Å². The molecule has 1 N–H and O–H groups in total. The number of ether oxygens (including phenoxy) is 1. The minimum absolute atomic E-state index is 0.340. The van der Waals surface area contributed by atoms with E-state index in [1.54, 1.807) is 0 Å². The summed E-state index contributed by atoms with van der Waals surface area (Å²) in [6.45, 7) is 3.05. The Kier molecular flexibility index (Phi) is 4.90. The van der Waals surface area contributed by atoms with E-state index in [9.17, 15) is 0 Å². The van der Waals surface area contributed by atoms with Crippen LogP contribution >= 0.6 is 11.6 Å². The van der Waals surface area contributed by atoms with Crippen molar-refractivity contribution in [3.05, 3.63) is 28.8 Å². The van der Waals surface area contributed by atoms with Crippen LogP contribution in [0.25, 0.3) is 0 Å². The van der Waals surface area contributed by atoms with Gasteiger partial charge in [-0.15, -0.1) is 0 Å². The first kappa shape index (κ1) is 13.7. The quantitative estimate of drug-likeness (QED) is 0.896. The second-order valence-electron chi connectivity index (χ2n) is 5.17. The predicted molar refractivity (Wildman–Crippen MR) is 76.5 cm³/mol. The zero-order valence-corrected chi connectivity index (χ0v) is 12.0. The van der Waals surface area contributed by atoms with Crippen LogP contribution in [0.2, 0.25) is 5.02 Å². The maximum atomic E-state index is 6.16. The van der Waals surface area contributed by atoms with Gasteiger partial charge in [-0.25, -0.2) is 0 Å². The summed E-state index contributed by atoms with van der Waals surface area (Å²) in [5.74, 6) is 1.57. The molecular formula is C15H22ClNO. The van der Waals surface area contributed by atoms with Crippen molar-refractivity contribution in [2.75, 3.05) is 13.6 Å². The molecule has 3 heteroatoms. The van der Waals surface area contributed by atoms with Crippen molar-refractivity contribution in [2.24, 2.45) is 5.92 Å². The standard InChI is InChI=1S/C15H22ClNO/c1-11-9-13(7-8-14(11)16)18-15-6-4-3-5-12(15)10-17-2/h7-9,12,15,17H,3-6,10H2,1-2H3. The van der Waals surface area contributed by atoms with Gasteiger partial charge in [-0.05, 0) is 57.0 Å². The van der Waals surface area contributed by atoms with Gasteiger partial charge in [0, 0.05) is 17.5 Å². The Hall–Kier alpha value is -0.730. The summed E-state index contributed by atoms with van der Waals surface area (Å²) in [5.41, 5.74) is 1.08. The van der Waals surface area contributed by atoms with E-state index in [2.05, 4.69) is 5.32 Å². The molecule has 2 rings (SSSR count). The van der Waals surface area contributed by atoms with Crippen LogP contribution in [-0.2, 0) is 0 Å². The van der Waals surface area contributed by atoms with Gasteiger partial charge in [0.15, 0.2) is 0 Å². The van der Waals surface area contributed by atoms with Crippen molar-refractivity contribution >= 4 is 11.6 Å². The summed E-state index contributed by atoms with van der Waals surface area (Å²) >= 11 is 6.04. The van der Waals surface area contributed by atoms with Gasteiger partial charge in [0.05, 0.1) is 0 Å². The largest absolute Gasteiger partial charge is 0.490 e. The first-order valence-corrected chi connectivity index (χ1v) is 7.16. The zero-order chi connectivity index (χ0) is 13.0. The summed E-state index contributed by atoms with van der Waals surface area (Å²) in [5, 5.41) is 4.08. The molecule has 0 bridgehead atoms. The third kappa shape index (κ3) is 3.39. The highest BCUT2D eigenvalue weighted by Gasteiger charge is 2.26. The van der Waals surface area contributed by atoms with Gasteiger partial charge in [-0.2, -0.15) is 0 Å². The maximum absolute atomic E-state index is 6.16. The lowest BCUT2D eigenvalue weighted by molar-refractivity contribution is 0.0931. The van der Waals surface area contributed by atoms with Gasteiger partial charge >= 0.3 is 0 Å². The van der Waals surface area contributed by atoms with Gasteiger partial charge < -0.3 is 10.1 Å². The smallest absolute Gasteiger partial charge is 0.120 e. The van der Waals surface area contributed by atoms with Crippen LogP contribution < -0.4 is 10.1 Å². The lowest BCUT2D eigenvalue weighted by atomic mass is 9.86. The summed E-state index contributed by atoms with van der Waals surface area (Å²) < 4.78 is 6.16. The van der Waals surface area contributed by atoms with Crippen molar-refractivity contribution in [3.63, 3.8) is 0 Å². The Morgan fingerprint density at radius 3 is 2.83 bits per heavy atom. The van der Waals surface area contributed by atoms with Gasteiger partial charge in [-0.1, -0.05) is 18.0 Å². The Labute approximate surface area is 115 Å². The van der Waals surface area contributed by atoms with Gasteiger partial charge in [0.25, 0.3) is 0 Å². The molecule has 0 amide bonds. The Morgan fingerprint density at radius 2 is 2.11 bits per heavy atom. The Balaban J connectivity index is 2.03. The number of aryl methyl sites for hydroxylation is 1. The second kappa shape index (κ2) is 6.44. The molecule has 0 radical (unpaired) electrons. The fraction of sp³-hybridized carbons (Fsp3) is 0.600. The molecule has 1 saturated carbocycles. The fourth-order valence-electron chi connectivity index (χ4n) is 2.69. The average Bonchev–Trinajstić information content (AvgIpc) is 2.37. The number of benzene rings is 1. The van der Waals surface area contributed by atoms with E-state index in [-0.39, 0.29) is 0 Å². The van der Waals surface area contributed by atoms with E-state index in [0.717, 1.165) is 29.3 Å². The molecule has 1 aliphatic carbocycles. The van der Waals surface area contributed by atoms with Crippen LogP contribution in [0.15, 0.2) is 18.2 Å². The molecule has 2 unspecified atom stereocenters. The molecule has 1 aromatic carbocycles. The SMILES string of the molecule is CNCC1CCCCC1Oc1ccc(Cl)c(C)c1. The van der Waals surface area contributed by atoms with Crippen molar-refractivity contribution < 1.29 is 4.74 Å². The van der Waals surface area contributed by atoms with Crippen LogP contribution in [-0.4, -0.2) is 19.7 Å². The van der Waals surface area contributed by atoms with E-state index >= 15 is 0 Å². The molecule has 100 valence electrons. The van der Waals surface area contributed by atoms with Gasteiger partial charge in [-0.3, -0.25) is 0 Å². The Morgan fingerprint density at radius 1 is 1.33 bits per heavy atom. The van der Waals surface area contributed by atoms with Gasteiger partial charge in [0.2, 0.25) is 0 Å². The zero-order valence-electron chi connectivity index (χ0n) is 11.2. The van der Waals surface area contributed by atoms with Crippen LogP contribution in [0.3, 0.4) is 0 Å². The average molecular weight is 268 g/mol. The van der Waals surface area contributed by atoms with Crippen molar-refractivity contribution in [2.45, 2.75) is 38.7 Å². The molecule has 0 saturated heterocycles. The molecular weight excluding hydrogens is 246 g/mol. The van der Waals surface area contributed by atoms with Crippen LogP contribution in [0.1, 0.15) is 31.2 Å². The van der Waals surface area contributed by atoms with E-state index in [0.29, 0.717) is 12.0 Å². The minimum atomic E-state index is 0.340. The van der Waals surface area contributed by atoms with E-state index < -0.39 is 0 Å². The Bertz CT molecular complexity index is 392. The molecule has 18 heavy (non-hydrogen) atoms. The number of hydrogen-bond donors (Lipinski definition) is 1. The van der Waals surface area contributed by atoms with E-state index in [1.807, 2.05) is 32.2 Å². The van der Waals surface area contributed by atoms with Crippen LogP contribution in [0.5, 0.6) is 5.75 Å². The molecule has 2 atom stereocenters. The van der Waals surface area contributed by atoms with Crippen LogP contribution in [0, 0.1) is 12.8 Å². The lowest BCUT2D eigenvalue weighted by Crippen LogP contribution is -2.36. The summed E-state index contributed by atoms with van der Waals surface area (Å²) in [6, 6.07) is 5.93. The number of halogens is 1. The molecule has 0 aromatic heterocycles. The third-order valence-corrected chi connectivity index (χ3v) is 4.15.